The molecule has 2 heteroatoms. The van der Waals surface area contributed by atoms with Crippen LogP contribution in [0.4, 0.5) is 0 Å². The van der Waals surface area contributed by atoms with E-state index in [0.29, 0.717) is 0 Å². The van der Waals surface area contributed by atoms with E-state index in [2.05, 4.69) is 23.2 Å². The van der Waals surface area contributed by atoms with E-state index in [9.17, 15) is 0 Å². The number of aromatic amines is 1. The molecule has 0 aliphatic rings. The quantitative estimate of drug-likeness (QED) is 0.474. The fourth-order valence-electron chi connectivity index (χ4n) is 1.90. The van der Waals surface area contributed by atoms with E-state index in [1.165, 1.54) is 10.9 Å². The number of hydrogen-bond acceptors (Lipinski definition) is 1. The molecule has 0 amide bonds. The summed E-state index contributed by atoms with van der Waals surface area (Å²) in [5.41, 5.74) is 1.21. The second-order valence-electron chi connectivity index (χ2n) is 4.07. The highest BCUT2D eigenvalue weighted by Crippen LogP contribution is 2.12. The van der Waals surface area contributed by atoms with E-state index in [4.69, 9.17) is 4.42 Å². The molecule has 0 bridgehead atoms. The Bertz CT molecular complexity index is 625. The van der Waals surface area contributed by atoms with Gasteiger partial charge in [-0.15, -0.1) is 0 Å². The van der Waals surface area contributed by atoms with Crippen LogP contribution in [0.2, 0.25) is 0 Å². The predicted molar refractivity (Wildman–Crippen MR) is 74.5 cm³/mol. The summed E-state index contributed by atoms with van der Waals surface area (Å²) in [6, 6.07) is 18.3. The van der Waals surface area contributed by atoms with Gasteiger partial charge in [-0.2, -0.15) is 0 Å². The molecule has 0 aliphatic heterocycles. The molecule has 0 saturated carbocycles. The predicted octanol–water partition coefficient (Wildman–Crippen LogP) is 4.60. The number of fused-ring (bicyclic) bond motifs is 2. The normalized spacial score (nSPS) is 10.2. The first-order valence-electron chi connectivity index (χ1n) is 5.86. The molecule has 2 aromatic carbocycles. The molecule has 4 aromatic rings. The molecular weight excluding hydrogens is 222 g/mol. The van der Waals surface area contributed by atoms with Gasteiger partial charge in [-0.3, -0.25) is 0 Å². The summed E-state index contributed by atoms with van der Waals surface area (Å²) < 4.78 is 4.96. The van der Waals surface area contributed by atoms with Gasteiger partial charge in [0.1, 0.15) is 0 Å². The minimum Gasteiger partial charge on any atom is -0.471 e. The summed E-state index contributed by atoms with van der Waals surface area (Å²) in [6.45, 7) is 0. The van der Waals surface area contributed by atoms with Crippen LogP contribution in [0.1, 0.15) is 0 Å². The van der Waals surface area contributed by atoms with Crippen LogP contribution in [-0.2, 0) is 0 Å². The van der Waals surface area contributed by atoms with Gasteiger partial charge in [0.2, 0.25) is 0 Å². The fourth-order valence-corrected chi connectivity index (χ4v) is 1.90. The molecule has 2 heterocycles. The first-order valence-corrected chi connectivity index (χ1v) is 5.86. The summed E-state index contributed by atoms with van der Waals surface area (Å²) in [7, 11) is 0. The van der Waals surface area contributed by atoms with Crippen molar-refractivity contribution in [1.82, 2.24) is 4.98 Å². The van der Waals surface area contributed by atoms with Crippen LogP contribution in [0.15, 0.2) is 77.7 Å². The van der Waals surface area contributed by atoms with Crippen LogP contribution < -0.4 is 0 Å². The number of aromatic nitrogens is 1. The maximum Gasteiger partial charge on any atom is 0.0981 e. The smallest absolute Gasteiger partial charge is 0.0981 e. The van der Waals surface area contributed by atoms with Crippen LogP contribution in [0.25, 0.3) is 21.7 Å². The van der Waals surface area contributed by atoms with Crippen LogP contribution >= 0.6 is 0 Å². The van der Waals surface area contributed by atoms with Crippen molar-refractivity contribution in [3.05, 3.63) is 73.3 Å². The van der Waals surface area contributed by atoms with Crippen LogP contribution in [0.3, 0.4) is 0 Å². The molecule has 0 saturated heterocycles. The fraction of sp³-hybridized carbons (Fsp3) is 0. The monoisotopic (exact) mass is 235 g/mol. The highest BCUT2D eigenvalue weighted by molar-refractivity contribution is 5.80. The number of H-pyrrole nitrogens is 1. The van der Waals surface area contributed by atoms with Crippen molar-refractivity contribution in [2.45, 2.75) is 0 Å². The van der Waals surface area contributed by atoms with Crippen molar-refractivity contribution in [3.63, 3.8) is 0 Å². The van der Waals surface area contributed by atoms with Gasteiger partial charge in [-0.25, -0.2) is 0 Å². The molecule has 0 unspecified atom stereocenters. The number of furan rings is 1. The van der Waals surface area contributed by atoms with E-state index in [-0.39, 0.29) is 0 Å². The molecule has 2 aromatic heterocycles. The third kappa shape index (κ3) is 2.13. The first-order chi connectivity index (χ1) is 8.93. The highest BCUT2D eigenvalue weighted by atomic mass is 16.3. The topological polar surface area (TPSA) is 28.9 Å². The zero-order valence-corrected chi connectivity index (χ0v) is 9.84. The van der Waals surface area contributed by atoms with Gasteiger partial charge in [0.25, 0.3) is 0 Å². The Balaban J connectivity index is 0.000000111. The average Bonchev–Trinajstić information content (AvgIpc) is 3.08. The lowest BCUT2D eigenvalue weighted by Gasteiger charge is -1.83. The van der Waals surface area contributed by atoms with E-state index in [1.807, 2.05) is 42.6 Å². The van der Waals surface area contributed by atoms with Crippen molar-refractivity contribution in [2.24, 2.45) is 0 Å². The molecule has 0 atom stereocenters. The summed E-state index contributed by atoms with van der Waals surface area (Å²) >= 11 is 0. The summed E-state index contributed by atoms with van der Waals surface area (Å²) in [5, 5.41) is 3.60. The van der Waals surface area contributed by atoms with Gasteiger partial charge < -0.3 is 9.40 Å². The molecule has 88 valence electrons. The molecule has 18 heavy (non-hydrogen) atoms. The van der Waals surface area contributed by atoms with Crippen molar-refractivity contribution in [1.29, 1.82) is 0 Å². The minimum atomic E-state index is 1.16. The molecule has 2 nitrogen and oxygen atoms in total. The zero-order valence-electron chi connectivity index (χ0n) is 9.84. The Kier molecular flexibility index (Phi) is 2.84. The standard InChI is InChI=1S/C8H7N.C8H6O/c1-2-4-8-7(3-1)5-6-9-8;1-2-4-8-6-9-5-7(8)3-1/h1-6,9H;1-6H. The zero-order chi connectivity index (χ0) is 12.2. The lowest BCUT2D eigenvalue weighted by Crippen LogP contribution is -1.61. The molecule has 0 fully saturated rings. The molecule has 0 radical (unpaired) electrons. The second kappa shape index (κ2) is 4.80. The maximum absolute atomic E-state index is 4.96. The minimum absolute atomic E-state index is 1.16. The highest BCUT2D eigenvalue weighted by Gasteiger charge is 1.89. The number of benzene rings is 2. The molecule has 0 spiro atoms. The Hall–Kier alpha value is -2.48. The maximum atomic E-state index is 4.96. The SMILES string of the molecule is c1ccc2[nH]ccc2c1.c1ccc2cocc2c1. The molecule has 4 rings (SSSR count). The van der Waals surface area contributed by atoms with Crippen LogP contribution in [0, 0.1) is 0 Å². The Morgan fingerprint density at radius 2 is 1.28 bits per heavy atom. The van der Waals surface area contributed by atoms with Crippen LogP contribution in [0.5, 0.6) is 0 Å². The number of hydrogen-bond donors (Lipinski definition) is 1. The Morgan fingerprint density at radius 1 is 0.667 bits per heavy atom. The van der Waals surface area contributed by atoms with Crippen molar-refractivity contribution >= 4 is 21.7 Å². The van der Waals surface area contributed by atoms with Gasteiger partial charge in [0.15, 0.2) is 0 Å². The molecule has 0 aliphatic carbocycles. The van der Waals surface area contributed by atoms with E-state index >= 15 is 0 Å². The lowest BCUT2D eigenvalue weighted by atomic mass is 10.2. The van der Waals surface area contributed by atoms with Crippen LogP contribution in [-0.4, -0.2) is 4.98 Å². The second-order valence-corrected chi connectivity index (χ2v) is 4.07. The van der Waals surface area contributed by atoms with Crippen molar-refractivity contribution < 1.29 is 4.42 Å². The number of rotatable bonds is 0. The van der Waals surface area contributed by atoms with E-state index in [0.717, 1.165) is 10.8 Å². The Morgan fingerprint density at radius 3 is 1.94 bits per heavy atom. The molecule has 1 N–H and O–H groups in total. The number of para-hydroxylation sites is 1. The number of nitrogens with one attached hydrogen (secondary N) is 1. The van der Waals surface area contributed by atoms with Crippen molar-refractivity contribution in [2.75, 3.05) is 0 Å². The molecular formula is C16H13NO. The summed E-state index contributed by atoms with van der Waals surface area (Å²) in [4.78, 5) is 3.12. The average molecular weight is 235 g/mol. The summed E-state index contributed by atoms with van der Waals surface area (Å²) in [5.74, 6) is 0. The van der Waals surface area contributed by atoms with E-state index in [1.54, 1.807) is 12.5 Å². The summed E-state index contributed by atoms with van der Waals surface area (Å²) in [6.07, 6.45) is 5.44. The van der Waals surface area contributed by atoms with Gasteiger partial charge in [-0.05, 0) is 17.5 Å². The van der Waals surface area contributed by atoms with E-state index < -0.39 is 0 Å². The van der Waals surface area contributed by atoms with Gasteiger partial charge >= 0.3 is 0 Å². The Labute approximate surface area is 105 Å². The van der Waals surface area contributed by atoms with Gasteiger partial charge in [0, 0.05) is 22.5 Å². The lowest BCUT2D eigenvalue weighted by molar-refractivity contribution is 0.572. The van der Waals surface area contributed by atoms with Gasteiger partial charge in [0.05, 0.1) is 12.5 Å². The first kappa shape index (κ1) is 10.7. The van der Waals surface area contributed by atoms with Crippen molar-refractivity contribution in [3.8, 4) is 0 Å². The van der Waals surface area contributed by atoms with Gasteiger partial charge in [-0.1, -0.05) is 42.5 Å². The third-order valence-electron chi connectivity index (χ3n) is 2.85. The largest absolute Gasteiger partial charge is 0.471 e. The third-order valence-corrected chi connectivity index (χ3v) is 2.85.